The van der Waals surface area contributed by atoms with Gasteiger partial charge in [-0.15, -0.1) is 0 Å². The first kappa shape index (κ1) is 33.1. The number of carbonyl (C=O) groups excluding carboxylic acids is 1. The number of likely N-dealkylation sites (N-methyl/N-ethyl adjacent to an activating group) is 1. The summed E-state index contributed by atoms with van der Waals surface area (Å²) < 4.78 is 13.4. The number of carbonyl (C=O) groups is 1. The van der Waals surface area contributed by atoms with E-state index in [2.05, 4.69) is 66.2 Å². The van der Waals surface area contributed by atoms with Crippen molar-refractivity contribution in [3.8, 4) is 28.8 Å². The maximum atomic E-state index is 13.2. The summed E-state index contributed by atoms with van der Waals surface area (Å²) in [6.07, 6.45) is 5.57. The molecule has 13 nitrogen and oxygen atoms in total. The van der Waals surface area contributed by atoms with E-state index in [-0.39, 0.29) is 12.4 Å². The number of aromatic nitrogens is 5. The lowest BCUT2D eigenvalue weighted by Gasteiger charge is -2.34. The molecule has 6 aromatic rings. The van der Waals surface area contributed by atoms with Crippen LogP contribution in [0.3, 0.4) is 0 Å². The summed E-state index contributed by atoms with van der Waals surface area (Å²) in [5.41, 5.74) is 11.4. The number of amides is 1. The van der Waals surface area contributed by atoms with Crippen LogP contribution < -0.4 is 25.4 Å². The van der Waals surface area contributed by atoms with E-state index in [9.17, 15) is 10.1 Å². The second-order valence-corrected chi connectivity index (χ2v) is 13.8. The Labute approximate surface area is 304 Å². The zero-order valence-electron chi connectivity index (χ0n) is 28.5. The highest BCUT2D eigenvalue weighted by molar-refractivity contribution is 7.99. The molecular formula is C38H36N10O3S. The van der Waals surface area contributed by atoms with E-state index in [0.717, 1.165) is 64.2 Å². The molecule has 0 spiro atoms. The molecule has 8 rings (SSSR count). The van der Waals surface area contributed by atoms with Crippen molar-refractivity contribution >= 4 is 57.1 Å². The molecule has 0 saturated carbocycles. The summed E-state index contributed by atoms with van der Waals surface area (Å²) in [6, 6.07) is 22.2. The van der Waals surface area contributed by atoms with Crippen molar-refractivity contribution in [1.29, 1.82) is 5.26 Å². The highest BCUT2D eigenvalue weighted by Gasteiger charge is 2.22. The Hall–Kier alpha value is -6.04. The van der Waals surface area contributed by atoms with Gasteiger partial charge in [0.1, 0.15) is 17.2 Å². The van der Waals surface area contributed by atoms with Gasteiger partial charge in [0, 0.05) is 67.8 Å². The van der Waals surface area contributed by atoms with Gasteiger partial charge in [-0.3, -0.25) is 9.89 Å². The number of piperazine rings is 1. The quantitative estimate of drug-likeness (QED) is 0.0960. The van der Waals surface area contributed by atoms with Crippen LogP contribution in [0, 0.1) is 11.3 Å². The molecule has 0 radical (unpaired) electrons. The molecule has 0 atom stereocenters. The first-order valence-electron chi connectivity index (χ1n) is 17.0. The van der Waals surface area contributed by atoms with Gasteiger partial charge >= 0.3 is 0 Å². The van der Waals surface area contributed by atoms with E-state index in [1.165, 1.54) is 17.4 Å². The molecule has 0 bridgehead atoms. The van der Waals surface area contributed by atoms with Crippen molar-refractivity contribution in [3.05, 3.63) is 84.2 Å². The predicted octanol–water partition coefficient (Wildman–Crippen LogP) is 5.30. The lowest BCUT2D eigenvalue weighted by molar-refractivity contribution is -0.117. The van der Waals surface area contributed by atoms with E-state index < -0.39 is 5.91 Å². The van der Waals surface area contributed by atoms with Crippen LogP contribution in [0.25, 0.3) is 39.1 Å². The fraction of sp³-hybridized carbons (Fsp3) is 0.237. The Balaban J connectivity index is 0.961. The summed E-state index contributed by atoms with van der Waals surface area (Å²) in [5, 5.41) is 22.9. The number of nitriles is 1. The van der Waals surface area contributed by atoms with Crippen molar-refractivity contribution < 1.29 is 14.3 Å². The minimum atomic E-state index is -0.420. The number of aryl methyl sites for hydroxylation is 1. The number of H-pyrrole nitrogens is 1. The number of imidazole rings is 1. The fourth-order valence-electron chi connectivity index (χ4n) is 6.52. The number of nitrogen functional groups attached to an aromatic ring is 1. The Morgan fingerprint density at radius 3 is 2.65 bits per heavy atom. The molecule has 3 aromatic carbocycles. The Kier molecular flexibility index (Phi) is 9.11. The maximum Gasteiger partial charge on any atom is 0.261 e. The van der Waals surface area contributed by atoms with Crippen LogP contribution in [0.2, 0.25) is 0 Å². The molecule has 4 N–H and O–H groups in total. The minimum Gasteiger partial charge on any atom is -0.454 e. The average Bonchev–Trinajstić information content (AvgIpc) is 3.93. The van der Waals surface area contributed by atoms with E-state index in [1.807, 2.05) is 42.5 Å². The molecule has 1 amide bonds. The molecule has 262 valence electrons. The maximum absolute atomic E-state index is 13.2. The molecule has 0 unspecified atom stereocenters. The molecule has 2 aliphatic rings. The van der Waals surface area contributed by atoms with Crippen molar-refractivity contribution in [3.63, 3.8) is 0 Å². The highest BCUT2D eigenvalue weighted by atomic mass is 32.2. The van der Waals surface area contributed by atoms with Crippen LogP contribution in [0.15, 0.2) is 88.7 Å². The lowest BCUT2D eigenvalue weighted by atomic mass is 10.0. The van der Waals surface area contributed by atoms with Crippen molar-refractivity contribution in [2.75, 3.05) is 57.2 Å². The van der Waals surface area contributed by atoms with Crippen LogP contribution in [-0.2, 0) is 11.3 Å². The van der Waals surface area contributed by atoms with Crippen LogP contribution in [0.5, 0.6) is 11.5 Å². The zero-order chi connectivity index (χ0) is 35.6. The number of rotatable bonds is 10. The SMILES string of the molecule is CN1CCN(c2ccc3cc(C=C(C#N)C(=O)NCCCn4c(Sc5cc6c(cc5-c5ccn[nH]5)OCO6)nc5c(N)nccc54)ccc3c2)CC1. The highest BCUT2D eigenvalue weighted by Crippen LogP contribution is 2.44. The van der Waals surface area contributed by atoms with Crippen LogP contribution >= 0.6 is 11.8 Å². The third-order valence-corrected chi connectivity index (χ3v) is 10.4. The molecule has 3 aromatic heterocycles. The average molecular weight is 713 g/mol. The van der Waals surface area contributed by atoms with Gasteiger partial charge in [-0.2, -0.15) is 10.4 Å². The van der Waals surface area contributed by atoms with Gasteiger partial charge in [0.15, 0.2) is 22.5 Å². The largest absolute Gasteiger partial charge is 0.454 e. The van der Waals surface area contributed by atoms with Gasteiger partial charge in [0.2, 0.25) is 6.79 Å². The Bertz CT molecular complexity index is 2360. The summed E-state index contributed by atoms with van der Waals surface area (Å²) >= 11 is 1.46. The van der Waals surface area contributed by atoms with Crippen LogP contribution in [0.4, 0.5) is 11.5 Å². The van der Waals surface area contributed by atoms with E-state index in [0.29, 0.717) is 47.5 Å². The number of nitrogens with one attached hydrogen (secondary N) is 2. The van der Waals surface area contributed by atoms with Gasteiger partial charge in [-0.1, -0.05) is 30.0 Å². The monoisotopic (exact) mass is 712 g/mol. The van der Waals surface area contributed by atoms with Gasteiger partial charge in [0.05, 0.1) is 11.2 Å². The second kappa shape index (κ2) is 14.3. The summed E-state index contributed by atoms with van der Waals surface area (Å²) in [4.78, 5) is 27.9. The Morgan fingerprint density at radius 2 is 1.85 bits per heavy atom. The zero-order valence-corrected chi connectivity index (χ0v) is 29.3. The third kappa shape index (κ3) is 6.71. The van der Waals surface area contributed by atoms with Gasteiger partial charge in [-0.25, -0.2) is 9.97 Å². The molecule has 5 heterocycles. The van der Waals surface area contributed by atoms with E-state index >= 15 is 0 Å². The molecule has 1 saturated heterocycles. The lowest BCUT2D eigenvalue weighted by Crippen LogP contribution is -2.44. The van der Waals surface area contributed by atoms with E-state index in [1.54, 1.807) is 18.5 Å². The number of benzene rings is 3. The second-order valence-electron chi connectivity index (χ2n) is 12.7. The molecule has 52 heavy (non-hydrogen) atoms. The predicted molar refractivity (Wildman–Crippen MR) is 201 cm³/mol. The van der Waals surface area contributed by atoms with Gasteiger partial charge in [0.25, 0.3) is 5.91 Å². The van der Waals surface area contributed by atoms with E-state index in [4.69, 9.17) is 20.2 Å². The fourth-order valence-corrected chi connectivity index (χ4v) is 7.60. The van der Waals surface area contributed by atoms with Crippen molar-refractivity contribution in [2.45, 2.75) is 23.0 Å². The van der Waals surface area contributed by atoms with Gasteiger partial charge in [-0.05, 0) is 78.3 Å². The van der Waals surface area contributed by atoms with Gasteiger partial charge < -0.3 is 34.9 Å². The first-order chi connectivity index (χ1) is 25.4. The third-order valence-electron chi connectivity index (χ3n) is 9.36. The number of fused-ring (bicyclic) bond motifs is 3. The smallest absolute Gasteiger partial charge is 0.261 e. The molecule has 1 fully saturated rings. The number of ether oxygens (including phenoxy) is 2. The number of pyridine rings is 1. The summed E-state index contributed by atoms with van der Waals surface area (Å²) in [5.74, 6) is 1.22. The van der Waals surface area contributed by atoms with Crippen molar-refractivity contribution in [2.24, 2.45) is 0 Å². The number of aromatic amines is 1. The van der Waals surface area contributed by atoms with Crippen LogP contribution in [-0.4, -0.2) is 82.1 Å². The summed E-state index contributed by atoms with van der Waals surface area (Å²) in [7, 11) is 2.15. The van der Waals surface area contributed by atoms with Crippen LogP contribution in [0.1, 0.15) is 12.0 Å². The first-order valence-corrected chi connectivity index (χ1v) is 17.8. The number of nitrogens with zero attached hydrogens (tertiary/aromatic N) is 7. The standard InChI is InChI=1S/C38H36N10O3S/c1-46-13-15-47(16-14-46)28-6-5-25-17-24(3-4-26(25)19-28)18-27(22-39)37(49)42-9-2-12-48-31-8-10-41-36(40)35(31)44-38(48)52-34-21-33-32(50-23-51-33)20-29(34)30-7-11-43-45-30/h3-8,10-11,17-21H,2,9,12-16,23H2,1H3,(H2,40,41)(H,42,49)(H,43,45). The van der Waals surface area contributed by atoms with Crippen molar-refractivity contribution in [1.82, 2.24) is 34.9 Å². The summed E-state index contributed by atoms with van der Waals surface area (Å²) in [6.45, 7) is 5.13. The molecular weight excluding hydrogens is 677 g/mol. The molecule has 14 heteroatoms. The number of hydrogen-bond donors (Lipinski definition) is 3. The minimum absolute atomic E-state index is 0.0470. The number of anilines is 2. The normalized spacial score (nSPS) is 14.6. The topological polar surface area (TPSA) is 163 Å². The molecule has 2 aliphatic heterocycles. The molecule has 0 aliphatic carbocycles. The number of hydrogen-bond acceptors (Lipinski definition) is 11. The number of nitrogens with two attached hydrogens (primary N) is 1. The Morgan fingerprint density at radius 1 is 1.04 bits per heavy atom.